The number of amides is 1. The maximum absolute atomic E-state index is 13.8. The van der Waals surface area contributed by atoms with Gasteiger partial charge >= 0.3 is 5.97 Å². The number of hydrogen-bond donors (Lipinski definition) is 0. The molecule has 31 heavy (non-hydrogen) atoms. The second kappa shape index (κ2) is 10.2. The zero-order valence-electron chi connectivity index (χ0n) is 17.1. The summed E-state index contributed by atoms with van der Waals surface area (Å²) >= 11 is 5.97. The number of ether oxygens (including phenoxy) is 1. The molecule has 2 aromatic carbocycles. The number of likely N-dealkylation sites (N-methyl/N-ethyl adjacent to an activating group) is 1. The van der Waals surface area contributed by atoms with Gasteiger partial charge in [0, 0.05) is 36.2 Å². The molecule has 0 fully saturated rings. The van der Waals surface area contributed by atoms with E-state index in [-0.39, 0.29) is 30.0 Å². The Balaban J connectivity index is 1.45. The zero-order valence-corrected chi connectivity index (χ0v) is 17.9. The van der Waals surface area contributed by atoms with Gasteiger partial charge in [0.15, 0.2) is 6.61 Å². The Bertz CT molecular complexity index is 1050. The van der Waals surface area contributed by atoms with Gasteiger partial charge in [-0.15, -0.1) is 0 Å². The molecule has 1 amide bonds. The number of nitrogens with zero attached hydrogens (tertiary/aromatic N) is 3. The Morgan fingerprint density at radius 2 is 1.94 bits per heavy atom. The molecule has 1 heterocycles. The normalized spacial score (nSPS) is 10.7. The molecule has 162 valence electrons. The number of esters is 1. The fourth-order valence-corrected chi connectivity index (χ4v) is 2.94. The summed E-state index contributed by atoms with van der Waals surface area (Å²) < 4.78 is 24.0. The molecule has 0 radical (unpaired) electrons. The van der Waals surface area contributed by atoms with Gasteiger partial charge in [-0.05, 0) is 19.1 Å². The van der Waals surface area contributed by atoms with E-state index < -0.39 is 24.3 Å². The minimum absolute atomic E-state index is 0.0222. The first-order valence-corrected chi connectivity index (χ1v) is 9.93. The number of halogens is 2. The molecule has 0 aliphatic rings. The van der Waals surface area contributed by atoms with Crippen LogP contribution in [0.15, 0.2) is 47.0 Å². The van der Waals surface area contributed by atoms with Gasteiger partial charge in [-0.3, -0.25) is 9.59 Å². The van der Waals surface area contributed by atoms with Crippen molar-refractivity contribution in [3.8, 4) is 11.4 Å². The number of aryl methyl sites for hydroxylation is 2. The molecule has 0 aliphatic carbocycles. The van der Waals surface area contributed by atoms with Crippen molar-refractivity contribution in [2.45, 2.75) is 26.3 Å². The van der Waals surface area contributed by atoms with E-state index in [0.29, 0.717) is 11.7 Å². The molecule has 3 rings (SSSR count). The van der Waals surface area contributed by atoms with Crippen molar-refractivity contribution in [1.82, 2.24) is 15.0 Å². The largest absolute Gasteiger partial charge is 0.456 e. The highest BCUT2D eigenvalue weighted by molar-refractivity contribution is 6.31. The number of carbonyl (C=O) groups is 2. The van der Waals surface area contributed by atoms with Crippen molar-refractivity contribution in [2.75, 3.05) is 13.7 Å². The molecule has 0 bridgehead atoms. The first-order chi connectivity index (χ1) is 14.8. The predicted octanol–water partition coefficient (Wildman–Crippen LogP) is 3.97. The molecule has 0 aliphatic heterocycles. The average molecular weight is 446 g/mol. The van der Waals surface area contributed by atoms with Crippen LogP contribution in [0.4, 0.5) is 4.39 Å². The van der Waals surface area contributed by atoms with Gasteiger partial charge in [0.05, 0.1) is 6.42 Å². The second-order valence-corrected chi connectivity index (χ2v) is 7.40. The first kappa shape index (κ1) is 22.4. The van der Waals surface area contributed by atoms with Crippen LogP contribution in [0.5, 0.6) is 0 Å². The smallest absolute Gasteiger partial charge is 0.306 e. The summed E-state index contributed by atoms with van der Waals surface area (Å²) in [5, 5.41) is 4.13. The first-order valence-electron chi connectivity index (χ1n) is 9.55. The van der Waals surface area contributed by atoms with Gasteiger partial charge < -0.3 is 14.2 Å². The van der Waals surface area contributed by atoms with Crippen molar-refractivity contribution in [1.29, 1.82) is 0 Å². The van der Waals surface area contributed by atoms with Crippen LogP contribution in [0.1, 0.15) is 23.4 Å². The molecule has 0 N–H and O–H groups in total. The number of aromatic nitrogens is 2. The molecule has 0 saturated carbocycles. The summed E-state index contributed by atoms with van der Waals surface area (Å²) in [5.41, 5.74) is 2.13. The number of carbonyl (C=O) groups excluding carboxylic acids is 2. The Labute approximate surface area is 183 Å². The maximum atomic E-state index is 13.8. The van der Waals surface area contributed by atoms with Crippen LogP contribution in [0.3, 0.4) is 0 Å². The number of hydrogen-bond acceptors (Lipinski definition) is 6. The lowest BCUT2D eigenvalue weighted by Crippen LogP contribution is -2.31. The van der Waals surface area contributed by atoms with E-state index in [1.165, 1.54) is 24.1 Å². The molecule has 9 heteroatoms. The van der Waals surface area contributed by atoms with E-state index in [1.54, 1.807) is 6.07 Å². The summed E-state index contributed by atoms with van der Waals surface area (Å²) in [4.78, 5) is 29.6. The summed E-state index contributed by atoms with van der Waals surface area (Å²) in [7, 11) is 1.48. The van der Waals surface area contributed by atoms with Crippen LogP contribution in [0, 0.1) is 12.7 Å². The Morgan fingerprint density at radius 3 is 2.65 bits per heavy atom. The molecule has 0 atom stereocenters. The molecular weight excluding hydrogens is 425 g/mol. The number of benzene rings is 2. The van der Waals surface area contributed by atoms with Crippen LogP contribution in [-0.4, -0.2) is 40.6 Å². The SMILES string of the molecule is Cc1ccc(-c2noc(CCC(=O)OCC(=O)N(C)Cc3c(F)cccc3Cl)n2)cc1. The van der Waals surface area contributed by atoms with Gasteiger partial charge in [-0.2, -0.15) is 4.98 Å². The van der Waals surface area contributed by atoms with Gasteiger partial charge in [-0.25, -0.2) is 4.39 Å². The van der Waals surface area contributed by atoms with Crippen molar-refractivity contribution < 1.29 is 23.2 Å². The highest BCUT2D eigenvalue weighted by Gasteiger charge is 2.17. The molecule has 3 aromatic rings. The van der Waals surface area contributed by atoms with Crippen LogP contribution in [-0.2, 0) is 27.3 Å². The van der Waals surface area contributed by atoms with Gasteiger partial charge in [0.1, 0.15) is 5.82 Å². The van der Waals surface area contributed by atoms with Crippen molar-refractivity contribution in [2.24, 2.45) is 0 Å². The molecular formula is C22H21ClFN3O4. The molecule has 7 nitrogen and oxygen atoms in total. The quantitative estimate of drug-likeness (QED) is 0.488. The zero-order chi connectivity index (χ0) is 22.4. The topological polar surface area (TPSA) is 85.5 Å². The maximum Gasteiger partial charge on any atom is 0.306 e. The lowest BCUT2D eigenvalue weighted by Gasteiger charge is -2.18. The van der Waals surface area contributed by atoms with Gasteiger partial charge in [-0.1, -0.05) is 52.7 Å². The minimum Gasteiger partial charge on any atom is -0.456 e. The van der Waals surface area contributed by atoms with Crippen LogP contribution < -0.4 is 0 Å². The Morgan fingerprint density at radius 1 is 1.19 bits per heavy atom. The van der Waals surface area contributed by atoms with E-state index in [4.69, 9.17) is 20.9 Å². The van der Waals surface area contributed by atoms with Crippen molar-refractivity contribution in [3.63, 3.8) is 0 Å². The Hall–Kier alpha value is -3.26. The fourth-order valence-electron chi connectivity index (χ4n) is 2.72. The predicted molar refractivity (Wildman–Crippen MR) is 112 cm³/mol. The standard InChI is InChI=1S/C22H21ClFN3O4/c1-14-6-8-15(9-7-14)22-25-19(31-26-22)10-11-21(29)30-13-20(28)27(2)12-16-17(23)4-3-5-18(16)24/h3-9H,10-13H2,1-2H3. The van der Waals surface area contributed by atoms with Crippen LogP contribution in [0.2, 0.25) is 5.02 Å². The second-order valence-electron chi connectivity index (χ2n) is 6.99. The summed E-state index contributed by atoms with van der Waals surface area (Å²) in [6.07, 6.45) is 0.165. The van der Waals surface area contributed by atoms with E-state index in [0.717, 1.165) is 11.1 Å². The summed E-state index contributed by atoms with van der Waals surface area (Å²) in [6, 6.07) is 11.9. The summed E-state index contributed by atoms with van der Waals surface area (Å²) in [6.45, 7) is 1.49. The van der Waals surface area contributed by atoms with Crippen LogP contribution >= 0.6 is 11.6 Å². The van der Waals surface area contributed by atoms with Crippen LogP contribution in [0.25, 0.3) is 11.4 Å². The van der Waals surface area contributed by atoms with E-state index in [2.05, 4.69) is 10.1 Å². The minimum atomic E-state index is -0.583. The van der Waals surface area contributed by atoms with Gasteiger partial charge in [0.25, 0.3) is 5.91 Å². The van der Waals surface area contributed by atoms with Crippen molar-refractivity contribution >= 4 is 23.5 Å². The van der Waals surface area contributed by atoms with Gasteiger partial charge in [0.2, 0.25) is 11.7 Å². The number of rotatable bonds is 8. The molecule has 0 spiro atoms. The third-order valence-electron chi connectivity index (χ3n) is 4.56. The molecule has 0 saturated heterocycles. The lowest BCUT2D eigenvalue weighted by molar-refractivity contribution is -0.151. The highest BCUT2D eigenvalue weighted by Crippen LogP contribution is 2.20. The average Bonchev–Trinajstić information content (AvgIpc) is 3.22. The van der Waals surface area contributed by atoms with E-state index in [9.17, 15) is 14.0 Å². The van der Waals surface area contributed by atoms with E-state index >= 15 is 0 Å². The Kier molecular flexibility index (Phi) is 7.36. The van der Waals surface area contributed by atoms with Crippen molar-refractivity contribution in [3.05, 3.63) is 70.3 Å². The fraction of sp³-hybridized carbons (Fsp3) is 0.273. The monoisotopic (exact) mass is 445 g/mol. The lowest BCUT2D eigenvalue weighted by atomic mass is 10.1. The third-order valence-corrected chi connectivity index (χ3v) is 4.91. The summed E-state index contributed by atoms with van der Waals surface area (Å²) in [5.74, 6) is -0.835. The molecule has 0 unspecified atom stereocenters. The highest BCUT2D eigenvalue weighted by atomic mass is 35.5. The van der Waals surface area contributed by atoms with E-state index in [1.807, 2.05) is 31.2 Å². The molecule has 1 aromatic heterocycles. The third kappa shape index (κ3) is 6.11.